The minimum absolute atomic E-state index is 0.0421. The van der Waals surface area contributed by atoms with Gasteiger partial charge in [-0.1, -0.05) is 31.9 Å². The Morgan fingerprint density at radius 1 is 1.11 bits per heavy atom. The second kappa shape index (κ2) is 9.26. The first-order chi connectivity index (χ1) is 13.1. The highest BCUT2D eigenvalue weighted by atomic mass is 16.3. The summed E-state index contributed by atoms with van der Waals surface area (Å²) in [5.41, 5.74) is 1.14. The van der Waals surface area contributed by atoms with Crippen LogP contribution < -0.4 is 16.0 Å². The molecule has 1 aliphatic carbocycles. The Labute approximate surface area is 159 Å². The van der Waals surface area contributed by atoms with E-state index in [1.807, 2.05) is 6.07 Å². The number of amides is 2. The molecule has 1 aromatic carbocycles. The van der Waals surface area contributed by atoms with E-state index in [4.69, 9.17) is 4.42 Å². The molecule has 0 saturated heterocycles. The van der Waals surface area contributed by atoms with Gasteiger partial charge in [-0.25, -0.2) is 0 Å². The average Bonchev–Trinajstić information content (AvgIpc) is 3.20. The molecule has 3 N–H and O–H groups in total. The van der Waals surface area contributed by atoms with Gasteiger partial charge in [0, 0.05) is 11.7 Å². The molecule has 0 aliphatic heterocycles. The van der Waals surface area contributed by atoms with Crippen molar-refractivity contribution in [3.05, 3.63) is 54.0 Å². The van der Waals surface area contributed by atoms with Crippen LogP contribution in [0.2, 0.25) is 0 Å². The van der Waals surface area contributed by atoms with Crippen molar-refractivity contribution < 1.29 is 14.0 Å². The first kappa shape index (κ1) is 19.0. The Bertz CT molecular complexity index is 758. The summed E-state index contributed by atoms with van der Waals surface area (Å²) in [5, 5.41) is 9.04. The lowest BCUT2D eigenvalue weighted by Gasteiger charge is -2.29. The predicted octanol–water partition coefficient (Wildman–Crippen LogP) is 3.32. The number of para-hydroxylation sites is 1. The van der Waals surface area contributed by atoms with Crippen LogP contribution in [-0.4, -0.2) is 24.4 Å². The number of hydrogen-bond donors (Lipinski definition) is 3. The molecule has 1 aromatic heterocycles. The molecule has 3 rings (SSSR count). The molecule has 0 bridgehead atoms. The van der Waals surface area contributed by atoms with E-state index in [1.165, 1.54) is 12.8 Å². The minimum atomic E-state index is -0.212. The molecule has 6 nitrogen and oxygen atoms in total. The number of hydrogen-bond acceptors (Lipinski definition) is 4. The van der Waals surface area contributed by atoms with Gasteiger partial charge in [-0.15, -0.1) is 0 Å². The summed E-state index contributed by atoms with van der Waals surface area (Å²) >= 11 is 0. The fourth-order valence-electron chi connectivity index (χ4n) is 3.48. The Kier molecular flexibility index (Phi) is 6.52. The normalized spacial score (nSPS) is 19.3. The van der Waals surface area contributed by atoms with Crippen molar-refractivity contribution in [3.63, 3.8) is 0 Å². The third kappa shape index (κ3) is 5.36. The Balaban J connectivity index is 1.53. The summed E-state index contributed by atoms with van der Waals surface area (Å²) in [5.74, 6) is 0.951. The quantitative estimate of drug-likeness (QED) is 0.699. The standard InChI is InChI=1S/C21H27N3O3/c1-15-7-2-4-10-18(15)24-20(25)14-22-19-11-5-3-9-17(19)21(26)23-13-16-8-6-12-27-16/h3,5-6,8-9,11-12,15,18,22H,2,4,7,10,13-14H2,1H3,(H,23,26)(H,24,25). The zero-order chi connectivity index (χ0) is 19.1. The van der Waals surface area contributed by atoms with Crippen molar-refractivity contribution >= 4 is 17.5 Å². The molecule has 1 aliphatic rings. The van der Waals surface area contributed by atoms with Crippen molar-refractivity contribution in [1.29, 1.82) is 0 Å². The molecule has 2 atom stereocenters. The maximum Gasteiger partial charge on any atom is 0.253 e. The molecule has 0 radical (unpaired) electrons. The van der Waals surface area contributed by atoms with Crippen molar-refractivity contribution in [2.24, 2.45) is 5.92 Å². The van der Waals surface area contributed by atoms with Gasteiger partial charge >= 0.3 is 0 Å². The van der Waals surface area contributed by atoms with Crippen LogP contribution in [0.4, 0.5) is 5.69 Å². The van der Waals surface area contributed by atoms with Gasteiger partial charge in [0.2, 0.25) is 5.91 Å². The molecule has 1 heterocycles. The Hall–Kier alpha value is -2.76. The van der Waals surface area contributed by atoms with Crippen molar-refractivity contribution in [1.82, 2.24) is 10.6 Å². The topological polar surface area (TPSA) is 83.4 Å². The molecule has 2 aromatic rings. The molecule has 27 heavy (non-hydrogen) atoms. The summed E-state index contributed by atoms with van der Waals surface area (Å²) in [6.07, 6.45) is 6.19. The largest absolute Gasteiger partial charge is 0.467 e. The summed E-state index contributed by atoms with van der Waals surface area (Å²) in [4.78, 5) is 24.8. The molecule has 2 unspecified atom stereocenters. The van der Waals surface area contributed by atoms with E-state index in [0.29, 0.717) is 29.5 Å². The van der Waals surface area contributed by atoms with Crippen LogP contribution >= 0.6 is 0 Å². The Morgan fingerprint density at radius 3 is 2.70 bits per heavy atom. The molecule has 1 saturated carbocycles. The second-order valence-corrected chi connectivity index (χ2v) is 7.10. The zero-order valence-corrected chi connectivity index (χ0v) is 15.7. The van der Waals surface area contributed by atoms with Gasteiger partial charge in [-0.05, 0) is 43.0 Å². The predicted molar refractivity (Wildman–Crippen MR) is 104 cm³/mol. The number of nitrogens with one attached hydrogen (secondary N) is 3. The highest BCUT2D eigenvalue weighted by molar-refractivity contribution is 6.00. The van der Waals surface area contributed by atoms with Gasteiger partial charge < -0.3 is 20.4 Å². The van der Waals surface area contributed by atoms with Crippen LogP contribution in [-0.2, 0) is 11.3 Å². The molecular weight excluding hydrogens is 342 g/mol. The molecule has 6 heteroatoms. The maximum atomic E-state index is 12.5. The van der Waals surface area contributed by atoms with Gasteiger partial charge in [0.1, 0.15) is 5.76 Å². The van der Waals surface area contributed by atoms with E-state index in [9.17, 15) is 9.59 Å². The molecular formula is C21H27N3O3. The van der Waals surface area contributed by atoms with Gasteiger partial charge in [0.25, 0.3) is 5.91 Å². The molecule has 144 valence electrons. The summed E-state index contributed by atoms with van der Waals surface area (Å²) < 4.78 is 5.23. The molecule has 2 amide bonds. The van der Waals surface area contributed by atoms with Crippen LogP contribution in [0.5, 0.6) is 0 Å². The van der Waals surface area contributed by atoms with Gasteiger partial charge in [-0.3, -0.25) is 9.59 Å². The number of carbonyl (C=O) groups is 2. The fourth-order valence-corrected chi connectivity index (χ4v) is 3.48. The maximum absolute atomic E-state index is 12.5. The number of carbonyl (C=O) groups excluding carboxylic acids is 2. The zero-order valence-electron chi connectivity index (χ0n) is 15.7. The summed E-state index contributed by atoms with van der Waals surface area (Å²) in [7, 11) is 0. The lowest BCUT2D eigenvalue weighted by atomic mass is 9.86. The number of rotatable bonds is 7. The van der Waals surface area contributed by atoms with E-state index < -0.39 is 0 Å². The molecule has 1 fully saturated rings. The van der Waals surface area contributed by atoms with E-state index in [-0.39, 0.29) is 24.4 Å². The lowest BCUT2D eigenvalue weighted by Crippen LogP contribution is -2.43. The van der Waals surface area contributed by atoms with Crippen molar-refractivity contribution in [3.8, 4) is 0 Å². The van der Waals surface area contributed by atoms with Crippen molar-refractivity contribution in [2.75, 3.05) is 11.9 Å². The van der Waals surface area contributed by atoms with Gasteiger partial charge in [-0.2, -0.15) is 0 Å². The van der Waals surface area contributed by atoms with E-state index in [0.717, 1.165) is 12.8 Å². The number of furan rings is 1. The Morgan fingerprint density at radius 2 is 1.93 bits per heavy atom. The van der Waals surface area contributed by atoms with Crippen LogP contribution in [0.25, 0.3) is 0 Å². The third-order valence-corrected chi connectivity index (χ3v) is 5.07. The molecule has 0 spiro atoms. The summed E-state index contributed by atoms with van der Waals surface area (Å²) in [6.45, 7) is 2.65. The van der Waals surface area contributed by atoms with E-state index in [2.05, 4.69) is 22.9 Å². The lowest BCUT2D eigenvalue weighted by molar-refractivity contribution is -0.120. The minimum Gasteiger partial charge on any atom is -0.467 e. The van der Waals surface area contributed by atoms with Gasteiger partial charge in [0.05, 0.1) is 24.9 Å². The van der Waals surface area contributed by atoms with Crippen LogP contribution in [0.1, 0.15) is 48.7 Å². The number of benzene rings is 1. The monoisotopic (exact) mass is 369 g/mol. The second-order valence-electron chi connectivity index (χ2n) is 7.10. The first-order valence-electron chi connectivity index (χ1n) is 9.56. The van der Waals surface area contributed by atoms with E-state index in [1.54, 1.807) is 36.6 Å². The van der Waals surface area contributed by atoms with Crippen LogP contribution in [0, 0.1) is 5.92 Å². The van der Waals surface area contributed by atoms with Crippen LogP contribution in [0.15, 0.2) is 47.1 Å². The average molecular weight is 369 g/mol. The highest BCUT2D eigenvalue weighted by Crippen LogP contribution is 2.23. The van der Waals surface area contributed by atoms with E-state index >= 15 is 0 Å². The SMILES string of the molecule is CC1CCCCC1NC(=O)CNc1ccccc1C(=O)NCc1ccco1. The van der Waals surface area contributed by atoms with Crippen molar-refractivity contribution in [2.45, 2.75) is 45.2 Å². The smallest absolute Gasteiger partial charge is 0.253 e. The van der Waals surface area contributed by atoms with Gasteiger partial charge in [0.15, 0.2) is 0 Å². The number of anilines is 1. The van der Waals surface area contributed by atoms with Crippen LogP contribution in [0.3, 0.4) is 0 Å². The highest BCUT2D eigenvalue weighted by Gasteiger charge is 2.22. The first-order valence-corrected chi connectivity index (χ1v) is 9.56. The fraction of sp³-hybridized carbons (Fsp3) is 0.429. The third-order valence-electron chi connectivity index (χ3n) is 5.07. The summed E-state index contributed by atoms with van der Waals surface area (Å²) in [6, 6.07) is 11.0.